The minimum atomic E-state index is -0.779. The van der Waals surface area contributed by atoms with Crippen molar-refractivity contribution in [3.63, 3.8) is 0 Å². The maximum absolute atomic E-state index is 14.6. The number of fused-ring (bicyclic) bond motifs is 1. The first-order valence-corrected chi connectivity index (χ1v) is 17.3. The third-order valence-corrected chi connectivity index (χ3v) is 12.3. The normalized spacial score (nSPS) is 28.0. The fraction of sp³-hybridized carbons (Fsp3) is 0.606. The third-order valence-electron chi connectivity index (χ3n) is 9.05. The molecular formula is C33H46BrN3O5S. The van der Waals surface area contributed by atoms with Crippen LogP contribution in [0.2, 0.25) is 0 Å². The van der Waals surface area contributed by atoms with E-state index in [0.29, 0.717) is 44.0 Å². The van der Waals surface area contributed by atoms with Crippen molar-refractivity contribution in [1.29, 1.82) is 0 Å². The van der Waals surface area contributed by atoms with Gasteiger partial charge in [-0.25, -0.2) is 0 Å². The van der Waals surface area contributed by atoms with E-state index in [1.54, 1.807) is 33.7 Å². The molecule has 1 aromatic rings. The van der Waals surface area contributed by atoms with Gasteiger partial charge in [0.25, 0.3) is 0 Å². The lowest BCUT2D eigenvalue weighted by Crippen LogP contribution is -2.58. The molecule has 0 radical (unpaired) electrons. The van der Waals surface area contributed by atoms with E-state index < -0.39 is 28.7 Å². The number of hydrogen-bond donors (Lipinski definition) is 1. The van der Waals surface area contributed by atoms with Crippen LogP contribution < -0.4 is 9.64 Å². The zero-order chi connectivity index (χ0) is 31.3. The summed E-state index contributed by atoms with van der Waals surface area (Å²) in [5.41, 5.74) is 0.700. The Labute approximate surface area is 269 Å². The number of halogens is 1. The predicted molar refractivity (Wildman–Crippen MR) is 177 cm³/mol. The second kappa shape index (κ2) is 14.7. The second-order valence-electron chi connectivity index (χ2n) is 11.6. The number of carbonyl (C=O) groups is 3. The fourth-order valence-corrected chi connectivity index (χ4v) is 10.7. The summed E-state index contributed by atoms with van der Waals surface area (Å²) >= 11 is 5.49. The molecule has 3 aliphatic heterocycles. The average molecular weight is 677 g/mol. The topological polar surface area (TPSA) is 90.4 Å². The summed E-state index contributed by atoms with van der Waals surface area (Å²) in [6.07, 6.45) is 7.41. The first-order valence-electron chi connectivity index (χ1n) is 15.5. The number of amides is 3. The number of aliphatic hydroxyl groups excluding tert-OH is 1. The molecule has 2 bridgehead atoms. The number of benzene rings is 1. The Morgan fingerprint density at radius 2 is 1.86 bits per heavy atom. The van der Waals surface area contributed by atoms with Crippen molar-refractivity contribution < 1.29 is 24.2 Å². The summed E-state index contributed by atoms with van der Waals surface area (Å²) in [6, 6.07) is 6.10. The van der Waals surface area contributed by atoms with Gasteiger partial charge in [0.2, 0.25) is 17.7 Å². The van der Waals surface area contributed by atoms with Crippen LogP contribution in [0.25, 0.3) is 0 Å². The number of alkyl halides is 1. The van der Waals surface area contributed by atoms with Crippen LogP contribution in [-0.4, -0.2) is 92.4 Å². The molecule has 1 spiro atoms. The zero-order valence-electron chi connectivity index (χ0n) is 25.6. The monoisotopic (exact) mass is 675 g/mol. The number of unbranched alkanes of at least 4 members (excludes halogenated alkanes) is 2. The van der Waals surface area contributed by atoms with Gasteiger partial charge in [-0.1, -0.05) is 54.8 Å². The van der Waals surface area contributed by atoms with Crippen molar-refractivity contribution in [3.8, 4) is 5.75 Å². The highest BCUT2D eigenvalue weighted by Gasteiger charge is 2.76. The van der Waals surface area contributed by atoms with Crippen LogP contribution in [-0.2, 0) is 14.4 Å². The number of anilines is 1. The van der Waals surface area contributed by atoms with Crippen LogP contribution in [0.15, 0.2) is 49.6 Å². The summed E-state index contributed by atoms with van der Waals surface area (Å²) < 4.78 is 4.82. The first kappa shape index (κ1) is 33.6. The number of nitrogens with zero attached hydrogens (tertiary/aromatic N) is 3. The van der Waals surface area contributed by atoms with Crippen molar-refractivity contribution in [3.05, 3.63) is 49.6 Å². The van der Waals surface area contributed by atoms with Crippen molar-refractivity contribution in [2.24, 2.45) is 11.8 Å². The SMILES string of the molecule is C=CCN(CCCCC)C(=O)C1N([C@@H](CC)CO)C(=O)[C@@H]2[C@H](C(=O)N(CC=C)c3ccc(OCC)cc3)[C@H]3SC12CC3Br. The van der Waals surface area contributed by atoms with E-state index in [2.05, 4.69) is 36.0 Å². The van der Waals surface area contributed by atoms with E-state index in [1.165, 1.54) is 0 Å². The molecule has 1 aromatic carbocycles. The molecule has 3 fully saturated rings. The summed E-state index contributed by atoms with van der Waals surface area (Å²) in [5.74, 6) is -1.06. The van der Waals surface area contributed by atoms with E-state index in [1.807, 2.05) is 43.0 Å². The molecule has 10 heteroatoms. The Balaban J connectivity index is 1.76. The molecule has 3 saturated heterocycles. The van der Waals surface area contributed by atoms with Gasteiger partial charge in [-0.05, 0) is 50.5 Å². The van der Waals surface area contributed by atoms with E-state index in [-0.39, 0.29) is 41.0 Å². The Hall–Kier alpha value is -2.30. The van der Waals surface area contributed by atoms with Gasteiger partial charge in [-0.3, -0.25) is 14.4 Å². The molecule has 0 saturated carbocycles. The zero-order valence-corrected chi connectivity index (χ0v) is 28.0. The number of likely N-dealkylation sites (tertiary alicyclic amines) is 1. The molecule has 0 aliphatic carbocycles. The molecule has 4 rings (SSSR count). The maximum Gasteiger partial charge on any atom is 0.247 e. The summed E-state index contributed by atoms with van der Waals surface area (Å²) in [6.45, 7) is 15.3. The number of ether oxygens (including phenoxy) is 1. The van der Waals surface area contributed by atoms with Crippen molar-refractivity contribution in [2.45, 2.75) is 79.8 Å². The minimum absolute atomic E-state index is 0.0428. The molecule has 0 aromatic heterocycles. The van der Waals surface area contributed by atoms with Crippen molar-refractivity contribution in [2.75, 3.05) is 37.7 Å². The highest BCUT2D eigenvalue weighted by Crippen LogP contribution is 2.68. The molecule has 3 unspecified atom stereocenters. The standard InChI is InChI=1S/C33H46BrN3O5S/c1-6-11-12-19-35(17-7-2)32(41)29-33-20-25(34)28(43-33)26(27(33)31(40)37(29)22(9-4)21-38)30(39)36(18-8-3)23-13-15-24(16-14-23)42-10-5/h7-8,13-16,22,25-29,38H,2-3,6,9-12,17-21H2,1,4-5H3/t22-,25?,26-,27-,28-,29?,33?/m0/s1. The number of rotatable bonds is 16. The van der Waals surface area contributed by atoms with Gasteiger partial charge in [0.05, 0.1) is 35.8 Å². The van der Waals surface area contributed by atoms with Gasteiger partial charge in [-0.15, -0.1) is 24.9 Å². The summed E-state index contributed by atoms with van der Waals surface area (Å²) in [5, 5.41) is 10.2. The average Bonchev–Trinajstić information content (AvgIpc) is 3.60. The van der Waals surface area contributed by atoms with Gasteiger partial charge in [0, 0.05) is 35.4 Å². The Morgan fingerprint density at radius 3 is 2.44 bits per heavy atom. The van der Waals surface area contributed by atoms with Gasteiger partial charge in [0.15, 0.2) is 0 Å². The van der Waals surface area contributed by atoms with Crippen molar-refractivity contribution in [1.82, 2.24) is 9.80 Å². The molecule has 8 nitrogen and oxygen atoms in total. The van der Waals surface area contributed by atoms with Crippen LogP contribution in [0, 0.1) is 11.8 Å². The van der Waals surface area contributed by atoms with Gasteiger partial charge >= 0.3 is 0 Å². The van der Waals surface area contributed by atoms with Crippen LogP contribution in [0.3, 0.4) is 0 Å². The van der Waals surface area contributed by atoms with Crippen LogP contribution >= 0.6 is 27.7 Å². The van der Waals surface area contributed by atoms with E-state index in [0.717, 1.165) is 19.3 Å². The van der Waals surface area contributed by atoms with Crippen LogP contribution in [0.4, 0.5) is 5.69 Å². The van der Waals surface area contributed by atoms with Crippen LogP contribution in [0.5, 0.6) is 5.75 Å². The van der Waals surface area contributed by atoms with E-state index in [9.17, 15) is 19.5 Å². The predicted octanol–water partition coefficient (Wildman–Crippen LogP) is 5.04. The highest BCUT2D eigenvalue weighted by molar-refractivity contribution is 9.09. The van der Waals surface area contributed by atoms with Gasteiger partial charge < -0.3 is 24.5 Å². The lowest BCUT2D eigenvalue weighted by atomic mass is 9.70. The maximum atomic E-state index is 14.6. The molecule has 1 N–H and O–H groups in total. The summed E-state index contributed by atoms with van der Waals surface area (Å²) in [4.78, 5) is 48.7. The Kier molecular flexibility index (Phi) is 11.4. The third kappa shape index (κ3) is 6.16. The summed E-state index contributed by atoms with van der Waals surface area (Å²) in [7, 11) is 0. The Bertz CT molecular complexity index is 1180. The second-order valence-corrected chi connectivity index (χ2v) is 14.3. The first-order chi connectivity index (χ1) is 20.7. The van der Waals surface area contributed by atoms with Crippen LogP contribution in [0.1, 0.15) is 52.9 Å². The van der Waals surface area contributed by atoms with Gasteiger partial charge in [0.1, 0.15) is 11.8 Å². The van der Waals surface area contributed by atoms with E-state index >= 15 is 0 Å². The molecule has 3 amide bonds. The lowest BCUT2D eigenvalue weighted by Gasteiger charge is -2.40. The molecule has 3 aliphatic rings. The quantitative estimate of drug-likeness (QED) is 0.150. The number of hydrogen-bond acceptors (Lipinski definition) is 6. The number of aliphatic hydroxyl groups is 1. The van der Waals surface area contributed by atoms with Gasteiger partial charge in [-0.2, -0.15) is 0 Å². The highest BCUT2D eigenvalue weighted by atomic mass is 79.9. The molecule has 43 heavy (non-hydrogen) atoms. The van der Waals surface area contributed by atoms with Crippen molar-refractivity contribution >= 4 is 51.1 Å². The van der Waals surface area contributed by atoms with E-state index in [4.69, 9.17) is 4.74 Å². The molecule has 236 valence electrons. The molecule has 3 heterocycles. The number of thioether (sulfide) groups is 1. The smallest absolute Gasteiger partial charge is 0.247 e. The fourth-order valence-electron chi connectivity index (χ4n) is 7.13. The minimum Gasteiger partial charge on any atom is -0.494 e. The lowest BCUT2D eigenvalue weighted by molar-refractivity contribution is -0.145. The molecule has 7 atom stereocenters. The Morgan fingerprint density at radius 1 is 1.16 bits per heavy atom. The number of carbonyl (C=O) groups excluding carboxylic acids is 3. The molecular weight excluding hydrogens is 630 g/mol. The largest absolute Gasteiger partial charge is 0.494 e.